The normalized spacial score (nSPS) is 9.54. The number of aromatic nitrogens is 1. The van der Waals surface area contributed by atoms with Crippen LogP contribution in [-0.2, 0) is 0 Å². The summed E-state index contributed by atoms with van der Waals surface area (Å²) in [5, 5.41) is 17.0. The molecule has 2 N–H and O–H groups in total. The van der Waals surface area contributed by atoms with Crippen molar-refractivity contribution in [2.24, 2.45) is 0 Å². The van der Waals surface area contributed by atoms with Crippen molar-refractivity contribution in [3.63, 3.8) is 0 Å². The lowest BCUT2D eigenvalue weighted by atomic mass is 10.2. The lowest BCUT2D eigenvalue weighted by molar-refractivity contribution is 0.287. The van der Waals surface area contributed by atoms with Gasteiger partial charge < -0.3 is 19.4 Å². The Morgan fingerprint density at radius 2 is 2.15 bits per heavy atom. The van der Waals surface area contributed by atoms with Gasteiger partial charge in [-0.05, 0) is 13.0 Å². The van der Waals surface area contributed by atoms with Crippen molar-refractivity contribution in [2.75, 3.05) is 7.11 Å². The Hall–Kier alpha value is -1.27. The molecule has 0 saturated carbocycles. The summed E-state index contributed by atoms with van der Waals surface area (Å²) in [6.45, 7) is 1.78. The van der Waals surface area contributed by atoms with Crippen LogP contribution in [0.25, 0.3) is 0 Å². The maximum absolute atomic E-state index is 8.50. The highest BCUT2D eigenvalue weighted by molar-refractivity contribution is 6.33. The summed E-state index contributed by atoms with van der Waals surface area (Å²) in [6.07, 6.45) is 1.35. The van der Waals surface area contributed by atoms with Gasteiger partial charge in [-0.15, -0.1) is 0 Å². The van der Waals surface area contributed by atoms with Crippen LogP contribution < -0.4 is 9.39 Å². The fourth-order valence-electron chi connectivity index (χ4n) is 0.936. The molecule has 13 heavy (non-hydrogen) atoms. The molecule has 0 radical (unpaired) electrons. The summed E-state index contributed by atoms with van der Waals surface area (Å²) in [7, 11) is -0.314. The number of rotatable bonds is 3. The molecule has 1 aromatic heterocycles. The molecule has 0 aromatic carbocycles. The lowest BCUT2D eigenvalue weighted by Crippen LogP contribution is -2.20. The van der Waals surface area contributed by atoms with Gasteiger partial charge in [-0.3, -0.25) is 0 Å². The smallest absolute Gasteiger partial charge is 0.511 e. The summed E-state index contributed by atoms with van der Waals surface area (Å²) in [5.74, 6) is 0.771. The van der Waals surface area contributed by atoms with Crippen molar-refractivity contribution in [2.45, 2.75) is 6.92 Å². The minimum Gasteiger partial charge on any atom is -0.511 e. The first-order chi connectivity index (χ1) is 6.13. The molecule has 5 nitrogen and oxygen atoms in total. The number of hydrogen-bond acceptors (Lipinski definition) is 5. The van der Waals surface area contributed by atoms with E-state index in [1.807, 2.05) is 0 Å². The molecule has 0 aliphatic carbocycles. The number of methoxy groups -OCH3 is 1. The topological polar surface area (TPSA) is 71.8 Å². The van der Waals surface area contributed by atoms with Crippen LogP contribution >= 0.6 is 0 Å². The van der Waals surface area contributed by atoms with Crippen molar-refractivity contribution in [1.82, 2.24) is 4.98 Å². The Morgan fingerprint density at radius 1 is 1.46 bits per heavy atom. The van der Waals surface area contributed by atoms with Crippen LogP contribution in [0.2, 0.25) is 0 Å². The standard InChI is InChI=1S/C7H10BNO4/c1-5-3-6(13-8(10)11)4-9-7(5)12-2/h3-4,10-11H,1-2H3. The Labute approximate surface area is 76.1 Å². The van der Waals surface area contributed by atoms with Crippen molar-refractivity contribution in [3.05, 3.63) is 17.8 Å². The van der Waals surface area contributed by atoms with E-state index in [0.717, 1.165) is 5.56 Å². The van der Waals surface area contributed by atoms with E-state index in [-0.39, 0.29) is 5.75 Å². The van der Waals surface area contributed by atoms with Gasteiger partial charge in [0.05, 0.1) is 13.3 Å². The molecule has 6 heteroatoms. The molecule has 0 fully saturated rings. The summed E-state index contributed by atoms with van der Waals surface area (Å²) < 4.78 is 9.50. The van der Waals surface area contributed by atoms with Gasteiger partial charge in [0.15, 0.2) is 0 Å². The molecule has 0 aliphatic heterocycles. The maximum Gasteiger partial charge on any atom is 0.707 e. The molecule has 70 valence electrons. The van der Waals surface area contributed by atoms with E-state index in [0.29, 0.717) is 5.88 Å². The third-order valence-electron chi connectivity index (χ3n) is 1.44. The summed E-state index contributed by atoms with van der Waals surface area (Å²) in [5.41, 5.74) is 0.764. The van der Waals surface area contributed by atoms with Crippen LogP contribution in [0.1, 0.15) is 5.56 Å². The van der Waals surface area contributed by atoms with Crippen molar-refractivity contribution < 1.29 is 19.4 Å². The second-order valence-corrected chi connectivity index (χ2v) is 2.44. The molecule has 1 aromatic rings. The third-order valence-corrected chi connectivity index (χ3v) is 1.44. The second-order valence-electron chi connectivity index (χ2n) is 2.44. The van der Waals surface area contributed by atoms with E-state index < -0.39 is 7.32 Å². The van der Waals surface area contributed by atoms with Crippen molar-refractivity contribution in [1.29, 1.82) is 0 Å². The molecular weight excluding hydrogens is 173 g/mol. The largest absolute Gasteiger partial charge is 0.707 e. The van der Waals surface area contributed by atoms with E-state index in [1.54, 1.807) is 13.0 Å². The van der Waals surface area contributed by atoms with E-state index in [2.05, 4.69) is 9.64 Å². The fourth-order valence-corrected chi connectivity index (χ4v) is 0.936. The SMILES string of the molecule is COc1ncc(OB(O)O)cc1C. The highest BCUT2D eigenvalue weighted by Crippen LogP contribution is 2.19. The Balaban J connectivity index is 2.83. The first kappa shape index (κ1) is 9.82. The van der Waals surface area contributed by atoms with E-state index in [4.69, 9.17) is 14.8 Å². The van der Waals surface area contributed by atoms with Gasteiger partial charge in [0.1, 0.15) is 5.75 Å². The van der Waals surface area contributed by atoms with Gasteiger partial charge in [-0.2, -0.15) is 0 Å². The second kappa shape index (κ2) is 4.11. The zero-order valence-electron chi connectivity index (χ0n) is 7.39. The molecule has 0 unspecified atom stereocenters. The lowest BCUT2D eigenvalue weighted by Gasteiger charge is -2.07. The zero-order valence-corrected chi connectivity index (χ0v) is 7.39. The highest BCUT2D eigenvalue weighted by atomic mass is 16.6. The van der Waals surface area contributed by atoms with Crippen LogP contribution in [0, 0.1) is 6.92 Å². The molecule has 0 aliphatic rings. The van der Waals surface area contributed by atoms with E-state index in [9.17, 15) is 0 Å². The summed E-state index contributed by atoms with van der Waals surface area (Å²) in [6, 6.07) is 1.60. The number of hydrogen-bond donors (Lipinski definition) is 2. The van der Waals surface area contributed by atoms with Gasteiger partial charge in [0.25, 0.3) is 0 Å². The minimum absolute atomic E-state index is 0.285. The van der Waals surface area contributed by atoms with Crippen LogP contribution in [0.15, 0.2) is 12.3 Å². The molecule has 1 rings (SSSR count). The number of nitrogens with zero attached hydrogens (tertiary/aromatic N) is 1. The van der Waals surface area contributed by atoms with Gasteiger partial charge in [-0.1, -0.05) is 0 Å². The highest BCUT2D eigenvalue weighted by Gasteiger charge is 2.12. The quantitative estimate of drug-likeness (QED) is 0.632. The summed E-state index contributed by atoms with van der Waals surface area (Å²) >= 11 is 0. The molecule has 0 atom stereocenters. The van der Waals surface area contributed by atoms with Crippen LogP contribution in [0.5, 0.6) is 11.6 Å². The molecule has 0 amide bonds. The molecule has 0 saturated heterocycles. The average Bonchev–Trinajstić information content (AvgIpc) is 2.03. The average molecular weight is 183 g/mol. The Kier molecular flexibility index (Phi) is 3.10. The number of ether oxygens (including phenoxy) is 1. The Morgan fingerprint density at radius 3 is 2.62 bits per heavy atom. The van der Waals surface area contributed by atoms with Crippen LogP contribution in [0.3, 0.4) is 0 Å². The molecule has 0 bridgehead atoms. The fraction of sp³-hybridized carbons (Fsp3) is 0.286. The van der Waals surface area contributed by atoms with Gasteiger partial charge in [-0.25, -0.2) is 4.98 Å². The predicted molar refractivity (Wildman–Crippen MR) is 46.3 cm³/mol. The Bertz CT molecular complexity index is 292. The zero-order chi connectivity index (χ0) is 9.84. The first-order valence-electron chi connectivity index (χ1n) is 3.67. The minimum atomic E-state index is -1.82. The number of aryl methyl sites for hydroxylation is 1. The van der Waals surface area contributed by atoms with E-state index >= 15 is 0 Å². The van der Waals surface area contributed by atoms with E-state index in [1.165, 1.54) is 13.3 Å². The predicted octanol–water partition coefficient (Wildman–Crippen LogP) is -0.253. The van der Waals surface area contributed by atoms with Gasteiger partial charge in [0.2, 0.25) is 5.88 Å². The monoisotopic (exact) mass is 183 g/mol. The van der Waals surface area contributed by atoms with Crippen LogP contribution in [0.4, 0.5) is 0 Å². The van der Waals surface area contributed by atoms with Crippen molar-refractivity contribution >= 4 is 7.32 Å². The molecule has 0 spiro atoms. The van der Waals surface area contributed by atoms with Crippen molar-refractivity contribution in [3.8, 4) is 11.6 Å². The summed E-state index contributed by atoms with van der Waals surface area (Å²) in [4.78, 5) is 3.88. The third kappa shape index (κ3) is 2.60. The number of pyridine rings is 1. The molecular formula is C7H10BNO4. The molecule has 1 heterocycles. The van der Waals surface area contributed by atoms with Gasteiger partial charge in [0, 0.05) is 5.56 Å². The van der Waals surface area contributed by atoms with Crippen LogP contribution in [-0.4, -0.2) is 29.5 Å². The van der Waals surface area contributed by atoms with Gasteiger partial charge >= 0.3 is 7.32 Å². The first-order valence-corrected chi connectivity index (χ1v) is 3.67. The maximum atomic E-state index is 8.50.